The highest BCUT2D eigenvalue weighted by atomic mass is 19.1. The van der Waals surface area contributed by atoms with Gasteiger partial charge in [0.2, 0.25) is 0 Å². The minimum absolute atomic E-state index is 0.216. The summed E-state index contributed by atoms with van der Waals surface area (Å²) < 4.78 is 13.4. The molecule has 1 N–H and O–H groups in total. The monoisotopic (exact) mass is 246 g/mol. The van der Waals surface area contributed by atoms with Crippen molar-refractivity contribution in [1.29, 1.82) is 0 Å². The van der Waals surface area contributed by atoms with Gasteiger partial charge in [0.25, 0.3) is 0 Å². The zero-order valence-corrected chi connectivity index (χ0v) is 10.4. The van der Waals surface area contributed by atoms with E-state index in [1.165, 1.54) is 12.4 Å². The van der Waals surface area contributed by atoms with E-state index in [1.54, 1.807) is 12.1 Å². The van der Waals surface area contributed by atoms with Gasteiger partial charge in [-0.1, -0.05) is 18.2 Å². The van der Waals surface area contributed by atoms with E-state index in [2.05, 4.69) is 15.3 Å². The summed E-state index contributed by atoms with van der Waals surface area (Å²) in [5.74, 6) is 1.27. The lowest BCUT2D eigenvalue weighted by Crippen LogP contribution is -2.12. The van der Waals surface area contributed by atoms with Crippen molar-refractivity contribution in [1.82, 2.24) is 9.97 Å². The van der Waals surface area contributed by atoms with Gasteiger partial charge >= 0.3 is 0 Å². The smallest absolute Gasteiger partial charge is 0.133 e. The molecule has 1 aromatic carbocycles. The Morgan fingerprint density at radius 2 is 2.00 bits per heavy atom. The number of nitrogens with zero attached hydrogens (tertiary/aromatic N) is 3. The first-order valence-corrected chi connectivity index (χ1v) is 5.63. The van der Waals surface area contributed by atoms with Crippen molar-refractivity contribution in [2.75, 3.05) is 24.3 Å². The summed E-state index contributed by atoms with van der Waals surface area (Å²) in [7, 11) is 3.81. The molecule has 0 fully saturated rings. The molecule has 0 bridgehead atoms. The summed E-state index contributed by atoms with van der Waals surface area (Å²) in [4.78, 5) is 10.1. The number of halogens is 1. The number of nitrogens with one attached hydrogen (secondary N) is 1. The van der Waals surface area contributed by atoms with E-state index < -0.39 is 0 Å². The first-order valence-electron chi connectivity index (χ1n) is 5.63. The molecule has 18 heavy (non-hydrogen) atoms. The molecule has 1 heterocycles. The van der Waals surface area contributed by atoms with E-state index >= 15 is 0 Å². The van der Waals surface area contributed by atoms with E-state index in [1.807, 2.05) is 31.1 Å². The van der Waals surface area contributed by atoms with Crippen LogP contribution in [0.3, 0.4) is 0 Å². The van der Waals surface area contributed by atoms with Crippen LogP contribution in [0.25, 0.3) is 0 Å². The Kier molecular flexibility index (Phi) is 3.72. The SMILES string of the molecule is CN(C)c1cc(NCc2ccccc2F)ncn1. The topological polar surface area (TPSA) is 41.0 Å². The Morgan fingerprint density at radius 1 is 1.22 bits per heavy atom. The van der Waals surface area contributed by atoms with Gasteiger partial charge in [-0.3, -0.25) is 0 Å². The molecule has 5 heteroatoms. The normalized spacial score (nSPS) is 10.2. The zero-order valence-electron chi connectivity index (χ0n) is 10.4. The number of rotatable bonds is 4. The Morgan fingerprint density at radius 3 is 2.72 bits per heavy atom. The van der Waals surface area contributed by atoms with Crippen LogP contribution in [0.15, 0.2) is 36.7 Å². The highest BCUT2D eigenvalue weighted by Gasteiger charge is 2.03. The van der Waals surface area contributed by atoms with Crippen molar-refractivity contribution in [2.45, 2.75) is 6.54 Å². The third kappa shape index (κ3) is 2.94. The Bertz CT molecular complexity index is 528. The average Bonchev–Trinajstić information content (AvgIpc) is 2.38. The summed E-state index contributed by atoms with van der Waals surface area (Å²) in [6.07, 6.45) is 1.49. The van der Waals surface area contributed by atoms with Crippen molar-refractivity contribution in [3.05, 3.63) is 48.0 Å². The molecule has 0 atom stereocenters. The van der Waals surface area contributed by atoms with Gasteiger partial charge in [-0.25, -0.2) is 14.4 Å². The fraction of sp³-hybridized carbons (Fsp3) is 0.231. The molecule has 0 spiro atoms. The maximum absolute atomic E-state index is 13.4. The maximum atomic E-state index is 13.4. The van der Waals surface area contributed by atoms with Crippen LogP contribution in [-0.2, 0) is 6.54 Å². The number of aromatic nitrogens is 2. The standard InChI is InChI=1S/C13H15FN4/c1-18(2)13-7-12(16-9-17-13)15-8-10-5-3-4-6-11(10)14/h3-7,9H,8H2,1-2H3,(H,15,16,17). The van der Waals surface area contributed by atoms with Crippen molar-refractivity contribution in [3.8, 4) is 0 Å². The molecular weight excluding hydrogens is 231 g/mol. The quantitative estimate of drug-likeness (QED) is 0.898. The largest absolute Gasteiger partial charge is 0.366 e. The summed E-state index contributed by atoms with van der Waals surface area (Å²) in [6.45, 7) is 0.399. The molecule has 0 saturated heterocycles. The van der Waals surface area contributed by atoms with E-state index in [0.29, 0.717) is 17.9 Å². The van der Waals surface area contributed by atoms with Gasteiger partial charge in [0, 0.05) is 32.3 Å². The highest BCUT2D eigenvalue weighted by Crippen LogP contribution is 2.13. The van der Waals surface area contributed by atoms with Crippen LogP contribution >= 0.6 is 0 Å². The molecular formula is C13H15FN4. The van der Waals surface area contributed by atoms with E-state index in [-0.39, 0.29) is 5.82 Å². The fourth-order valence-electron chi connectivity index (χ4n) is 1.52. The Balaban J connectivity index is 2.07. The lowest BCUT2D eigenvalue weighted by molar-refractivity contribution is 0.613. The predicted octanol–water partition coefficient (Wildman–Crippen LogP) is 2.29. The van der Waals surface area contributed by atoms with Crippen LogP contribution in [0.4, 0.5) is 16.0 Å². The predicted molar refractivity (Wildman–Crippen MR) is 70.1 cm³/mol. The summed E-state index contributed by atoms with van der Waals surface area (Å²) in [5.41, 5.74) is 0.613. The minimum atomic E-state index is -0.216. The van der Waals surface area contributed by atoms with Crippen LogP contribution < -0.4 is 10.2 Å². The molecule has 0 amide bonds. The third-order valence-corrected chi connectivity index (χ3v) is 2.53. The van der Waals surface area contributed by atoms with Gasteiger partial charge in [-0.05, 0) is 6.07 Å². The Hall–Kier alpha value is -2.17. The molecule has 0 aliphatic heterocycles. The molecule has 0 aliphatic carbocycles. The van der Waals surface area contributed by atoms with Gasteiger partial charge in [0.1, 0.15) is 23.8 Å². The molecule has 0 radical (unpaired) electrons. The summed E-state index contributed by atoms with van der Waals surface area (Å²) in [6, 6.07) is 8.50. The second-order valence-electron chi connectivity index (χ2n) is 4.10. The van der Waals surface area contributed by atoms with Gasteiger partial charge in [-0.15, -0.1) is 0 Å². The second kappa shape index (κ2) is 5.44. The Labute approximate surface area is 105 Å². The van der Waals surface area contributed by atoms with Crippen LogP contribution in [0.2, 0.25) is 0 Å². The van der Waals surface area contributed by atoms with Crippen molar-refractivity contribution < 1.29 is 4.39 Å². The van der Waals surface area contributed by atoms with Gasteiger partial charge in [0.15, 0.2) is 0 Å². The second-order valence-corrected chi connectivity index (χ2v) is 4.10. The van der Waals surface area contributed by atoms with Crippen LogP contribution in [0.1, 0.15) is 5.56 Å². The van der Waals surface area contributed by atoms with E-state index in [9.17, 15) is 4.39 Å². The molecule has 94 valence electrons. The van der Waals surface area contributed by atoms with Gasteiger partial charge < -0.3 is 10.2 Å². The number of hydrogen-bond donors (Lipinski definition) is 1. The van der Waals surface area contributed by atoms with Gasteiger partial charge in [-0.2, -0.15) is 0 Å². The van der Waals surface area contributed by atoms with Crippen molar-refractivity contribution >= 4 is 11.6 Å². The van der Waals surface area contributed by atoms with E-state index in [0.717, 1.165) is 5.82 Å². The number of anilines is 2. The van der Waals surface area contributed by atoms with E-state index in [4.69, 9.17) is 0 Å². The molecule has 1 aromatic heterocycles. The molecule has 2 rings (SSSR count). The number of benzene rings is 1. The number of hydrogen-bond acceptors (Lipinski definition) is 4. The summed E-state index contributed by atoms with van der Waals surface area (Å²) in [5, 5.41) is 3.08. The molecule has 0 saturated carbocycles. The molecule has 0 unspecified atom stereocenters. The highest BCUT2D eigenvalue weighted by molar-refractivity contribution is 5.47. The first kappa shape index (κ1) is 12.3. The summed E-state index contributed by atoms with van der Waals surface area (Å²) >= 11 is 0. The van der Waals surface area contributed by atoms with Crippen molar-refractivity contribution in [3.63, 3.8) is 0 Å². The lowest BCUT2D eigenvalue weighted by atomic mass is 10.2. The maximum Gasteiger partial charge on any atom is 0.133 e. The molecule has 0 aliphatic rings. The zero-order chi connectivity index (χ0) is 13.0. The lowest BCUT2D eigenvalue weighted by Gasteiger charge is -2.12. The van der Waals surface area contributed by atoms with Crippen LogP contribution in [0, 0.1) is 5.82 Å². The third-order valence-electron chi connectivity index (χ3n) is 2.53. The van der Waals surface area contributed by atoms with Crippen molar-refractivity contribution in [2.24, 2.45) is 0 Å². The minimum Gasteiger partial charge on any atom is -0.366 e. The molecule has 2 aromatic rings. The average molecular weight is 246 g/mol. The first-order chi connectivity index (χ1) is 8.66. The molecule has 4 nitrogen and oxygen atoms in total. The van der Waals surface area contributed by atoms with Gasteiger partial charge in [0.05, 0.1) is 0 Å². The fourth-order valence-corrected chi connectivity index (χ4v) is 1.52. The van der Waals surface area contributed by atoms with Crippen LogP contribution in [-0.4, -0.2) is 24.1 Å². The van der Waals surface area contributed by atoms with Crippen LogP contribution in [0.5, 0.6) is 0 Å².